The average molecular weight is 572 g/mol. The van der Waals surface area contributed by atoms with Gasteiger partial charge in [-0.25, -0.2) is 9.97 Å². The molecule has 0 radical (unpaired) electrons. The van der Waals surface area contributed by atoms with Crippen LogP contribution in [0.1, 0.15) is 51.6 Å². The summed E-state index contributed by atoms with van der Waals surface area (Å²) in [6.07, 6.45) is 8.85. The second-order valence-corrected chi connectivity index (χ2v) is 11.3. The lowest BCUT2D eigenvalue weighted by Gasteiger charge is -2.32. The van der Waals surface area contributed by atoms with Crippen LogP contribution < -0.4 is 16.0 Å². The minimum Gasteiger partial charge on any atom is -0.507 e. The number of nitrogens with one attached hydrogen (secondary N) is 1. The Labute approximate surface area is 244 Å². The molecule has 5 heterocycles. The van der Waals surface area contributed by atoms with Gasteiger partial charge in [0, 0.05) is 43.2 Å². The number of para-hydroxylation sites is 1. The van der Waals surface area contributed by atoms with E-state index in [0.717, 1.165) is 62.5 Å². The van der Waals surface area contributed by atoms with E-state index in [0.29, 0.717) is 29.1 Å². The molecule has 0 unspecified atom stereocenters. The van der Waals surface area contributed by atoms with Crippen molar-refractivity contribution < 1.29 is 14.6 Å². The maximum atomic E-state index is 10.2. The number of carbonyl (C=O) groups excluding carboxylic acids is 1. The number of aromatic hydroxyl groups is 1. The minimum atomic E-state index is -0.318. The lowest BCUT2D eigenvalue weighted by atomic mass is 10.0. The second-order valence-electron chi connectivity index (χ2n) is 11.3. The van der Waals surface area contributed by atoms with Crippen molar-refractivity contribution in [3.8, 4) is 17.0 Å². The van der Waals surface area contributed by atoms with Crippen molar-refractivity contribution in [2.75, 3.05) is 36.8 Å². The summed E-state index contributed by atoms with van der Waals surface area (Å²) < 4.78 is 6.51. The van der Waals surface area contributed by atoms with Gasteiger partial charge in [0.2, 0.25) is 5.95 Å². The third-order valence-electron chi connectivity index (χ3n) is 7.23. The van der Waals surface area contributed by atoms with Crippen molar-refractivity contribution in [1.82, 2.24) is 35.3 Å². The number of rotatable bonds is 5. The zero-order valence-corrected chi connectivity index (χ0v) is 24.2. The Kier molecular flexibility index (Phi) is 8.62. The second kappa shape index (κ2) is 12.5. The number of nitrogens with two attached hydrogens (primary N) is 1. The molecule has 0 aliphatic carbocycles. The number of piperidine rings is 1. The number of nitrogens with zero attached hydrogens (tertiary/aromatic N) is 7. The number of ether oxygens (including phenoxy) is 1. The summed E-state index contributed by atoms with van der Waals surface area (Å²) in [6.45, 7) is 9.46. The number of anilines is 2. The molecular formula is C30H37N9O3. The number of hydrogen-bond acceptors (Lipinski definition) is 11. The molecule has 4 aromatic rings. The summed E-state index contributed by atoms with van der Waals surface area (Å²) >= 11 is 0. The van der Waals surface area contributed by atoms with Crippen LogP contribution in [0.5, 0.6) is 5.75 Å². The van der Waals surface area contributed by atoms with E-state index >= 15 is 0 Å². The predicted octanol–water partition coefficient (Wildman–Crippen LogP) is 3.75. The monoisotopic (exact) mass is 571 g/mol. The molecule has 4 N–H and O–H groups in total. The van der Waals surface area contributed by atoms with E-state index in [9.17, 15) is 9.90 Å². The predicted molar refractivity (Wildman–Crippen MR) is 162 cm³/mol. The lowest BCUT2D eigenvalue weighted by molar-refractivity contribution is -0.138. The molecular weight excluding hydrogens is 534 g/mol. The van der Waals surface area contributed by atoms with Crippen molar-refractivity contribution in [3.05, 3.63) is 54.4 Å². The van der Waals surface area contributed by atoms with E-state index in [1.165, 1.54) is 5.57 Å². The van der Waals surface area contributed by atoms with Gasteiger partial charge in [-0.05, 0) is 70.4 Å². The van der Waals surface area contributed by atoms with Gasteiger partial charge in [0.15, 0.2) is 11.3 Å². The smallest absolute Gasteiger partial charge is 0.293 e. The molecule has 3 aromatic heterocycles. The molecule has 1 aromatic carbocycles. The Morgan fingerprint density at radius 1 is 1.12 bits per heavy atom. The fourth-order valence-electron chi connectivity index (χ4n) is 5.05. The zero-order valence-electron chi connectivity index (χ0n) is 24.2. The standard InChI is InChI=1S/C25H27N9O.C5H10O2/c26-24-23-21(13-20(30-31-23)19-3-1-2-4-22(19)35)34(32-24)18-7-11-33(12-8-18)25-28-14-17(15-29-25)16-5-9-27-10-6-16;1-5(2,3)7-4-6/h1-5,13-15,18,27,35H,6-12H2,(H2,26,32);4H,1-3H3. The SMILES string of the molecule is CC(C)(C)OC=O.Nc1nn(C2CCN(c3ncc(C4=CCNCC4)cn3)CC2)c2cc(-c3ccccc3O)nnc12. The van der Waals surface area contributed by atoms with Crippen LogP contribution in [-0.2, 0) is 9.53 Å². The Balaban J connectivity index is 0.000000451. The Bertz CT molecular complexity index is 1550. The first-order chi connectivity index (χ1) is 20.2. The molecule has 2 aliphatic rings. The Morgan fingerprint density at radius 3 is 2.48 bits per heavy atom. The highest BCUT2D eigenvalue weighted by Gasteiger charge is 2.26. The molecule has 0 saturated carbocycles. The maximum Gasteiger partial charge on any atom is 0.293 e. The summed E-state index contributed by atoms with van der Waals surface area (Å²) in [6, 6.07) is 9.18. The summed E-state index contributed by atoms with van der Waals surface area (Å²) in [7, 11) is 0. The van der Waals surface area contributed by atoms with Gasteiger partial charge in [0.1, 0.15) is 11.4 Å². The molecule has 0 bridgehead atoms. The van der Waals surface area contributed by atoms with Gasteiger partial charge in [-0.1, -0.05) is 18.2 Å². The largest absolute Gasteiger partial charge is 0.507 e. The molecule has 0 atom stereocenters. The van der Waals surface area contributed by atoms with E-state index in [1.54, 1.807) is 12.1 Å². The first-order valence-electron chi connectivity index (χ1n) is 14.1. The van der Waals surface area contributed by atoms with Crippen molar-refractivity contribution in [1.29, 1.82) is 0 Å². The highest BCUT2D eigenvalue weighted by molar-refractivity contribution is 5.87. The molecule has 1 fully saturated rings. The van der Waals surface area contributed by atoms with E-state index in [2.05, 4.69) is 46.3 Å². The van der Waals surface area contributed by atoms with Gasteiger partial charge in [-0.3, -0.25) is 9.48 Å². The summed E-state index contributed by atoms with van der Waals surface area (Å²) in [5.41, 5.74) is 10.9. The molecule has 220 valence electrons. The quantitative estimate of drug-likeness (QED) is 0.300. The Hall–Kier alpha value is -4.58. The normalized spacial score (nSPS) is 16.0. The van der Waals surface area contributed by atoms with Crippen LogP contribution in [0.15, 0.2) is 48.8 Å². The third-order valence-corrected chi connectivity index (χ3v) is 7.23. The molecule has 6 rings (SSSR count). The van der Waals surface area contributed by atoms with Gasteiger partial charge >= 0.3 is 0 Å². The van der Waals surface area contributed by atoms with Gasteiger partial charge in [0.05, 0.1) is 17.3 Å². The number of carbonyl (C=O) groups is 1. The van der Waals surface area contributed by atoms with Gasteiger partial charge in [-0.2, -0.15) is 5.10 Å². The molecule has 12 nitrogen and oxygen atoms in total. The van der Waals surface area contributed by atoms with Crippen LogP contribution in [0.25, 0.3) is 27.9 Å². The highest BCUT2D eigenvalue weighted by Crippen LogP contribution is 2.33. The molecule has 2 aliphatic heterocycles. The Morgan fingerprint density at radius 2 is 1.86 bits per heavy atom. The maximum absolute atomic E-state index is 10.2. The number of phenolic OH excluding ortho intramolecular Hbond substituents is 1. The fourth-order valence-corrected chi connectivity index (χ4v) is 5.05. The van der Waals surface area contributed by atoms with Crippen LogP contribution in [-0.4, -0.2) is 73.3 Å². The zero-order chi connectivity index (χ0) is 29.7. The molecule has 0 spiro atoms. The van der Waals surface area contributed by atoms with Gasteiger partial charge in [-0.15, -0.1) is 10.2 Å². The summed E-state index contributed by atoms with van der Waals surface area (Å²) in [5, 5.41) is 26.8. The first-order valence-corrected chi connectivity index (χ1v) is 14.1. The van der Waals surface area contributed by atoms with Crippen molar-refractivity contribution >= 4 is 34.8 Å². The first kappa shape index (κ1) is 28.9. The van der Waals surface area contributed by atoms with Crippen LogP contribution in [0.2, 0.25) is 0 Å². The molecule has 1 saturated heterocycles. The van der Waals surface area contributed by atoms with Crippen LogP contribution in [0.3, 0.4) is 0 Å². The number of aromatic nitrogens is 6. The molecule has 42 heavy (non-hydrogen) atoms. The van der Waals surface area contributed by atoms with E-state index < -0.39 is 0 Å². The van der Waals surface area contributed by atoms with E-state index in [-0.39, 0.29) is 17.4 Å². The number of phenols is 1. The minimum absolute atomic E-state index is 0.163. The van der Waals surface area contributed by atoms with Crippen LogP contribution in [0, 0.1) is 0 Å². The summed E-state index contributed by atoms with van der Waals surface area (Å²) in [5.74, 6) is 1.29. The van der Waals surface area contributed by atoms with E-state index in [1.807, 2.05) is 56.0 Å². The summed E-state index contributed by atoms with van der Waals surface area (Å²) in [4.78, 5) is 21.1. The van der Waals surface area contributed by atoms with Crippen LogP contribution in [0.4, 0.5) is 11.8 Å². The lowest BCUT2D eigenvalue weighted by Crippen LogP contribution is -2.36. The number of hydrogen-bond donors (Lipinski definition) is 3. The highest BCUT2D eigenvalue weighted by atomic mass is 16.5. The number of benzene rings is 1. The van der Waals surface area contributed by atoms with Gasteiger partial charge in [0.25, 0.3) is 6.47 Å². The van der Waals surface area contributed by atoms with Crippen molar-refractivity contribution in [2.24, 2.45) is 0 Å². The molecule has 12 heteroatoms. The topological polar surface area (TPSA) is 157 Å². The fraction of sp³-hybridized carbons (Fsp3) is 0.400. The number of nitrogen functional groups attached to an aromatic ring is 1. The van der Waals surface area contributed by atoms with Crippen molar-refractivity contribution in [2.45, 2.75) is 51.7 Å². The average Bonchev–Trinajstić information content (AvgIpc) is 3.33. The van der Waals surface area contributed by atoms with Crippen molar-refractivity contribution in [3.63, 3.8) is 0 Å². The number of fused-ring (bicyclic) bond motifs is 1. The van der Waals surface area contributed by atoms with E-state index in [4.69, 9.17) is 5.73 Å². The van der Waals surface area contributed by atoms with Gasteiger partial charge < -0.3 is 25.8 Å². The third kappa shape index (κ3) is 6.65. The molecule has 0 amide bonds. The van der Waals surface area contributed by atoms with Crippen LogP contribution >= 0.6 is 0 Å².